The van der Waals surface area contributed by atoms with Crippen LogP contribution in [-0.2, 0) is 4.79 Å². The van der Waals surface area contributed by atoms with Gasteiger partial charge >= 0.3 is 12.1 Å². The minimum absolute atomic E-state index is 0.122. The molecule has 1 atom stereocenters. The molecule has 3 N–H and O–H groups in total. The van der Waals surface area contributed by atoms with Crippen molar-refractivity contribution in [2.75, 3.05) is 11.9 Å². The number of carboxylic acids is 1. The van der Waals surface area contributed by atoms with Crippen LogP contribution in [0, 0.1) is 0 Å². The number of nitrogens with one attached hydrogen (secondary N) is 1. The Hall–Kier alpha value is -3.96. The second-order valence-electron chi connectivity index (χ2n) is 7.56. The number of aliphatic carboxylic acids is 1. The van der Waals surface area contributed by atoms with E-state index in [0.29, 0.717) is 11.3 Å². The van der Waals surface area contributed by atoms with Crippen LogP contribution in [0.3, 0.4) is 0 Å². The fraction of sp³-hybridized carbons (Fsp3) is 0.115. The first-order valence-electron chi connectivity index (χ1n) is 10.6. The van der Waals surface area contributed by atoms with Gasteiger partial charge in [0.25, 0.3) is 5.91 Å². The molecular formula is C26H20BrF3N2O5. The molecule has 0 radical (unpaired) electrons. The molecule has 1 heterocycles. The largest absolute Gasteiger partial charge is 0.491 e. The average molecular weight is 577 g/mol. The summed E-state index contributed by atoms with van der Waals surface area (Å²) >= 11 is 3.37. The number of carboxylic acid groups (broad SMARTS) is 1. The van der Waals surface area contributed by atoms with E-state index in [1.807, 2.05) is 48.5 Å². The highest BCUT2D eigenvalue weighted by Crippen LogP contribution is 2.24. The number of rotatable bonds is 6. The molecule has 0 saturated heterocycles. The number of nitrogens with zero attached hydrogens (tertiary/aromatic N) is 1. The van der Waals surface area contributed by atoms with E-state index in [9.17, 15) is 23.1 Å². The Morgan fingerprint density at radius 1 is 1.00 bits per heavy atom. The van der Waals surface area contributed by atoms with Crippen LogP contribution in [0.5, 0.6) is 5.75 Å². The smallest absolute Gasteiger partial charge is 0.490 e. The van der Waals surface area contributed by atoms with Crippen molar-refractivity contribution in [3.8, 4) is 5.75 Å². The zero-order valence-corrected chi connectivity index (χ0v) is 20.5. The Kier molecular flexibility index (Phi) is 9.20. The minimum atomic E-state index is -5.08. The lowest BCUT2D eigenvalue weighted by molar-refractivity contribution is -0.192. The van der Waals surface area contributed by atoms with E-state index >= 15 is 0 Å². The first-order chi connectivity index (χ1) is 17.5. The lowest BCUT2D eigenvalue weighted by Gasteiger charge is -2.13. The predicted molar refractivity (Wildman–Crippen MR) is 134 cm³/mol. The third kappa shape index (κ3) is 8.02. The number of aliphatic hydroxyl groups excluding tert-OH is 1. The molecule has 0 aliphatic heterocycles. The Labute approximate surface area is 217 Å². The number of fused-ring (bicyclic) bond motifs is 1. The third-order valence-electron chi connectivity index (χ3n) is 4.95. The topological polar surface area (TPSA) is 109 Å². The summed E-state index contributed by atoms with van der Waals surface area (Å²) in [5.74, 6) is -2.38. The van der Waals surface area contributed by atoms with Gasteiger partial charge in [0.05, 0.1) is 0 Å². The number of aromatic nitrogens is 1. The lowest BCUT2D eigenvalue weighted by atomic mass is 10.1. The van der Waals surface area contributed by atoms with Crippen molar-refractivity contribution in [1.29, 1.82) is 0 Å². The number of alkyl halides is 3. The van der Waals surface area contributed by atoms with Crippen LogP contribution in [0.15, 0.2) is 89.7 Å². The van der Waals surface area contributed by atoms with Gasteiger partial charge in [-0.25, -0.2) is 4.79 Å². The normalized spacial score (nSPS) is 11.7. The van der Waals surface area contributed by atoms with E-state index in [1.165, 1.54) is 0 Å². The fourth-order valence-electron chi connectivity index (χ4n) is 3.08. The van der Waals surface area contributed by atoms with Gasteiger partial charge in [-0.3, -0.25) is 9.78 Å². The SMILES string of the molecule is O=C(Nc1cccc2cnccc12)c1ccc(OCC(O)c2ccc(Br)cc2)cc1.O=C(O)C(F)(F)F. The molecule has 0 aliphatic carbocycles. The van der Waals surface area contributed by atoms with Crippen LogP contribution in [-0.4, -0.2) is 39.9 Å². The van der Waals surface area contributed by atoms with Crippen molar-refractivity contribution in [2.45, 2.75) is 12.3 Å². The van der Waals surface area contributed by atoms with Gasteiger partial charge in [-0.2, -0.15) is 13.2 Å². The van der Waals surface area contributed by atoms with Gasteiger partial charge in [0.15, 0.2) is 0 Å². The van der Waals surface area contributed by atoms with Gasteiger partial charge in [0, 0.05) is 38.9 Å². The number of hydrogen-bond donors (Lipinski definition) is 3. The molecule has 4 rings (SSSR count). The highest BCUT2D eigenvalue weighted by Gasteiger charge is 2.38. The zero-order chi connectivity index (χ0) is 27.0. The quantitative estimate of drug-likeness (QED) is 0.260. The summed E-state index contributed by atoms with van der Waals surface area (Å²) in [6.45, 7) is 0.122. The van der Waals surface area contributed by atoms with Gasteiger partial charge in [-0.15, -0.1) is 0 Å². The molecule has 4 aromatic rings. The van der Waals surface area contributed by atoms with Crippen molar-refractivity contribution >= 4 is 44.3 Å². The molecule has 0 spiro atoms. The van der Waals surface area contributed by atoms with Gasteiger partial charge in [-0.05, 0) is 54.1 Å². The summed E-state index contributed by atoms with van der Waals surface area (Å²) < 4.78 is 38.4. The number of anilines is 1. The number of halogens is 4. The first-order valence-corrected chi connectivity index (χ1v) is 11.4. The summed E-state index contributed by atoms with van der Waals surface area (Å²) in [6, 6.07) is 21.8. The molecule has 0 aliphatic rings. The summed E-state index contributed by atoms with van der Waals surface area (Å²) in [5, 5.41) is 22.2. The number of carbonyl (C=O) groups excluding carboxylic acids is 1. The molecular weight excluding hydrogens is 557 g/mol. The second-order valence-corrected chi connectivity index (χ2v) is 8.48. The van der Waals surface area contributed by atoms with Crippen molar-refractivity contribution in [1.82, 2.24) is 4.98 Å². The maximum Gasteiger partial charge on any atom is 0.490 e. The van der Waals surface area contributed by atoms with E-state index in [2.05, 4.69) is 26.2 Å². The number of benzene rings is 3. The van der Waals surface area contributed by atoms with Crippen molar-refractivity contribution in [3.05, 3.63) is 101 Å². The standard InChI is InChI=1S/C24H19BrN2O3.C2HF3O2/c25-19-8-4-16(5-9-19)23(28)15-30-20-10-6-17(7-11-20)24(29)27-22-3-1-2-18-14-26-13-12-21(18)22;3-2(4,5)1(6)7/h1-14,23,28H,15H2,(H,27,29);(H,6,7). The van der Waals surface area contributed by atoms with E-state index in [1.54, 1.807) is 36.7 Å². The van der Waals surface area contributed by atoms with Crippen LogP contribution < -0.4 is 10.1 Å². The molecule has 3 aromatic carbocycles. The molecule has 7 nitrogen and oxygen atoms in total. The molecule has 11 heteroatoms. The van der Waals surface area contributed by atoms with Gasteiger partial charge in [-0.1, -0.05) is 40.2 Å². The fourth-order valence-corrected chi connectivity index (χ4v) is 3.35. The van der Waals surface area contributed by atoms with Crippen LogP contribution in [0.25, 0.3) is 10.8 Å². The number of pyridine rings is 1. The molecule has 1 aromatic heterocycles. The van der Waals surface area contributed by atoms with Gasteiger partial charge in [0.2, 0.25) is 0 Å². The van der Waals surface area contributed by atoms with Gasteiger partial charge in [0.1, 0.15) is 18.5 Å². The molecule has 0 bridgehead atoms. The number of aliphatic hydroxyl groups is 1. The molecule has 0 fully saturated rings. The monoisotopic (exact) mass is 576 g/mol. The number of carbonyl (C=O) groups is 2. The predicted octanol–water partition coefficient (Wildman–Crippen LogP) is 6.00. The molecule has 192 valence electrons. The molecule has 1 unspecified atom stereocenters. The lowest BCUT2D eigenvalue weighted by Crippen LogP contribution is -2.21. The van der Waals surface area contributed by atoms with E-state index in [-0.39, 0.29) is 12.5 Å². The zero-order valence-electron chi connectivity index (χ0n) is 18.9. The molecule has 1 amide bonds. The first kappa shape index (κ1) is 27.6. The van der Waals surface area contributed by atoms with Gasteiger partial charge < -0.3 is 20.3 Å². The van der Waals surface area contributed by atoms with Crippen LogP contribution in [0.1, 0.15) is 22.0 Å². The highest BCUT2D eigenvalue weighted by atomic mass is 79.9. The third-order valence-corrected chi connectivity index (χ3v) is 5.48. The van der Waals surface area contributed by atoms with Crippen LogP contribution in [0.2, 0.25) is 0 Å². The maximum atomic E-state index is 12.6. The number of hydrogen-bond acceptors (Lipinski definition) is 5. The van der Waals surface area contributed by atoms with Crippen LogP contribution >= 0.6 is 15.9 Å². The maximum absolute atomic E-state index is 12.6. The molecule has 0 saturated carbocycles. The van der Waals surface area contributed by atoms with Crippen LogP contribution in [0.4, 0.5) is 18.9 Å². The Bertz CT molecular complexity index is 1360. The summed E-state index contributed by atoms with van der Waals surface area (Å²) in [6.07, 6.45) is -2.35. The minimum Gasteiger partial charge on any atom is -0.491 e. The highest BCUT2D eigenvalue weighted by molar-refractivity contribution is 9.10. The van der Waals surface area contributed by atoms with Crippen molar-refractivity contribution in [2.24, 2.45) is 0 Å². The van der Waals surface area contributed by atoms with E-state index in [4.69, 9.17) is 14.6 Å². The average Bonchev–Trinajstić information content (AvgIpc) is 2.88. The van der Waals surface area contributed by atoms with E-state index in [0.717, 1.165) is 26.5 Å². The molecule has 37 heavy (non-hydrogen) atoms. The summed E-state index contributed by atoms with van der Waals surface area (Å²) in [5.41, 5.74) is 2.03. The van der Waals surface area contributed by atoms with Crippen molar-refractivity contribution < 1.29 is 37.7 Å². The Morgan fingerprint density at radius 2 is 1.65 bits per heavy atom. The Balaban J connectivity index is 0.000000479. The van der Waals surface area contributed by atoms with E-state index < -0.39 is 18.2 Å². The summed E-state index contributed by atoms with van der Waals surface area (Å²) in [7, 11) is 0. The van der Waals surface area contributed by atoms with Crippen molar-refractivity contribution in [3.63, 3.8) is 0 Å². The number of ether oxygens (including phenoxy) is 1. The number of amides is 1. The summed E-state index contributed by atoms with van der Waals surface area (Å²) in [4.78, 5) is 25.6. The second kappa shape index (κ2) is 12.3. The Morgan fingerprint density at radius 3 is 2.27 bits per heavy atom.